The second-order valence-corrected chi connectivity index (χ2v) is 15.0. The molecule has 2 atom stereocenters. The van der Waals surface area contributed by atoms with Gasteiger partial charge in [0.05, 0.1) is 33.1 Å². The molecule has 3 heterocycles. The summed E-state index contributed by atoms with van der Waals surface area (Å²) in [5, 5.41) is 14.9. The van der Waals surface area contributed by atoms with Crippen molar-refractivity contribution < 1.29 is 4.55 Å². The van der Waals surface area contributed by atoms with Gasteiger partial charge in [-0.05, 0) is 64.0 Å². The molecule has 2 fully saturated rings. The molecule has 1 aromatic carbocycles. The monoisotopic (exact) mass is 587 g/mol. The Morgan fingerprint density at radius 3 is 2.62 bits per heavy atom. The molecule has 0 radical (unpaired) electrons. The average molecular weight is 588 g/mol. The summed E-state index contributed by atoms with van der Waals surface area (Å²) in [6.07, 6.45) is 6.89. The number of hydrogen-bond acceptors (Lipinski definition) is 8. The van der Waals surface area contributed by atoms with Crippen LogP contribution in [-0.2, 0) is 25.5 Å². The summed E-state index contributed by atoms with van der Waals surface area (Å²) in [5.41, 5.74) is 1.01. The van der Waals surface area contributed by atoms with E-state index in [1.165, 1.54) is 16.4 Å². The van der Waals surface area contributed by atoms with Crippen LogP contribution in [0.15, 0.2) is 32.9 Å². The molecule has 2 aromatic heterocycles. The predicted octanol–water partition coefficient (Wildman–Crippen LogP) is 4.53. The number of rotatable bonds is 5. The van der Waals surface area contributed by atoms with Gasteiger partial charge in [0.2, 0.25) is 5.95 Å². The molecule has 208 valence electrons. The lowest BCUT2D eigenvalue weighted by Crippen LogP contribution is -2.53. The number of anilines is 1. The number of benzene rings is 1. The SMILES string of the molecule is Cn1nc2ccc(Sc3cnc(N4CCC5(CCC[C@H]5N[S@+]([O-])C(C)(C)C)CC4)n(C)c3=O)c(Cl)c2c1C#N. The summed E-state index contributed by atoms with van der Waals surface area (Å²) < 4.78 is 19.1. The number of fused-ring (bicyclic) bond motifs is 1. The van der Waals surface area contributed by atoms with Gasteiger partial charge in [-0.1, -0.05) is 29.8 Å². The highest BCUT2D eigenvalue weighted by Crippen LogP contribution is 2.47. The van der Waals surface area contributed by atoms with Crippen LogP contribution in [0.3, 0.4) is 0 Å². The van der Waals surface area contributed by atoms with E-state index in [-0.39, 0.29) is 21.8 Å². The molecular weight excluding hydrogens is 554 g/mol. The summed E-state index contributed by atoms with van der Waals surface area (Å²) in [4.78, 5) is 21.4. The number of hydrogen-bond donors (Lipinski definition) is 1. The van der Waals surface area contributed by atoms with E-state index in [0.29, 0.717) is 37.4 Å². The fraction of sp³-hybridized carbons (Fsp3) is 0.556. The molecule has 0 unspecified atom stereocenters. The van der Waals surface area contributed by atoms with Crippen LogP contribution in [0.4, 0.5) is 5.95 Å². The normalized spacial score (nSPS) is 20.1. The molecule has 12 heteroatoms. The lowest BCUT2D eigenvalue weighted by atomic mass is 9.74. The molecule has 1 aliphatic carbocycles. The first-order valence-electron chi connectivity index (χ1n) is 13.2. The molecule has 1 spiro atoms. The first-order valence-corrected chi connectivity index (χ1v) is 15.5. The predicted molar refractivity (Wildman–Crippen MR) is 157 cm³/mol. The standard InChI is InChI=1S/C27H34ClN7O2S2/c1-26(2,3)39(37)32-21-7-6-10-27(21)11-13-35(14-12-27)25-30-16-20(24(36)33(25)4)38-19-9-8-17-22(23(19)28)18(15-29)34(5)31-17/h8-9,16,21,32H,6-7,10-14H2,1-5H3/t21-,39-/m1/s1. The van der Waals surface area contributed by atoms with Crippen molar-refractivity contribution in [1.29, 1.82) is 5.26 Å². The molecule has 2 aliphatic rings. The third kappa shape index (κ3) is 5.18. The first kappa shape index (κ1) is 28.3. The van der Waals surface area contributed by atoms with Crippen LogP contribution >= 0.6 is 23.4 Å². The van der Waals surface area contributed by atoms with Crippen LogP contribution in [-0.4, -0.2) is 47.8 Å². The van der Waals surface area contributed by atoms with Crippen molar-refractivity contribution in [2.24, 2.45) is 19.5 Å². The zero-order valence-electron chi connectivity index (χ0n) is 23.0. The second-order valence-electron chi connectivity index (χ2n) is 11.5. The van der Waals surface area contributed by atoms with Gasteiger partial charge in [-0.2, -0.15) is 10.4 Å². The Morgan fingerprint density at radius 2 is 1.95 bits per heavy atom. The van der Waals surface area contributed by atoms with E-state index in [0.717, 1.165) is 45.2 Å². The molecule has 0 amide bonds. The van der Waals surface area contributed by atoms with E-state index >= 15 is 0 Å². The molecule has 5 rings (SSSR count). The maximum Gasteiger partial charge on any atom is 0.268 e. The minimum atomic E-state index is -1.09. The smallest absolute Gasteiger partial charge is 0.268 e. The van der Waals surface area contributed by atoms with Gasteiger partial charge in [-0.15, -0.1) is 4.72 Å². The Balaban J connectivity index is 1.33. The topological polar surface area (TPSA) is 115 Å². The third-order valence-corrected chi connectivity index (χ3v) is 11.3. The first-order chi connectivity index (χ1) is 18.4. The van der Waals surface area contributed by atoms with Crippen LogP contribution in [0, 0.1) is 16.7 Å². The zero-order chi connectivity index (χ0) is 28.1. The van der Waals surface area contributed by atoms with E-state index in [1.807, 2.05) is 32.9 Å². The van der Waals surface area contributed by atoms with E-state index < -0.39 is 11.4 Å². The summed E-state index contributed by atoms with van der Waals surface area (Å²) in [5.74, 6) is 0.653. The third-order valence-electron chi connectivity index (χ3n) is 8.10. The quantitative estimate of drug-likeness (QED) is 0.433. The number of nitrogens with zero attached hydrogens (tertiary/aromatic N) is 6. The zero-order valence-corrected chi connectivity index (χ0v) is 25.3. The highest BCUT2D eigenvalue weighted by molar-refractivity contribution is 7.99. The number of nitriles is 1. The van der Waals surface area contributed by atoms with Gasteiger partial charge in [0, 0.05) is 43.4 Å². The lowest BCUT2D eigenvalue weighted by Gasteiger charge is -2.44. The van der Waals surface area contributed by atoms with Crippen molar-refractivity contribution >= 4 is 51.6 Å². The minimum absolute atomic E-state index is 0.135. The summed E-state index contributed by atoms with van der Waals surface area (Å²) in [6.45, 7) is 7.61. The van der Waals surface area contributed by atoms with Gasteiger partial charge < -0.3 is 9.45 Å². The fourth-order valence-electron chi connectivity index (χ4n) is 5.81. The number of aryl methyl sites for hydroxylation is 1. The van der Waals surface area contributed by atoms with Crippen molar-refractivity contribution in [3.05, 3.63) is 39.4 Å². The van der Waals surface area contributed by atoms with Crippen LogP contribution in [0.2, 0.25) is 5.02 Å². The summed E-state index contributed by atoms with van der Waals surface area (Å²) in [7, 11) is 3.46. The maximum atomic E-state index is 13.4. The van der Waals surface area contributed by atoms with Gasteiger partial charge in [0.25, 0.3) is 5.56 Å². The number of nitrogens with one attached hydrogen (secondary N) is 1. The molecule has 1 N–H and O–H groups in total. The van der Waals surface area contributed by atoms with E-state index in [9.17, 15) is 14.6 Å². The Kier molecular flexibility index (Phi) is 7.72. The lowest BCUT2D eigenvalue weighted by molar-refractivity contribution is 0.185. The van der Waals surface area contributed by atoms with E-state index in [1.54, 1.807) is 24.9 Å². The molecule has 1 saturated heterocycles. The number of aromatic nitrogens is 4. The van der Waals surface area contributed by atoms with Gasteiger partial charge in [-0.25, -0.2) is 4.98 Å². The number of piperidine rings is 1. The molecular formula is C27H34ClN7O2S2. The van der Waals surface area contributed by atoms with Crippen LogP contribution in [0.1, 0.15) is 58.6 Å². The maximum absolute atomic E-state index is 13.4. The highest BCUT2D eigenvalue weighted by atomic mass is 35.5. The van der Waals surface area contributed by atoms with E-state index in [4.69, 9.17) is 16.6 Å². The minimum Gasteiger partial charge on any atom is -0.598 e. The van der Waals surface area contributed by atoms with Gasteiger partial charge in [0.15, 0.2) is 0 Å². The van der Waals surface area contributed by atoms with E-state index in [2.05, 4.69) is 20.8 Å². The highest BCUT2D eigenvalue weighted by Gasteiger charge is 2.48. The number of halogens is 1. The molecule has 3 aromatic rings. The molecule has 1 aliphatic heterocycles. The molecule has 1 saturated carbocycles. The summed E-state index contributed by atoms with van der Waals surface area (Å²) >= 11 is 6.83. The van der Waals surface area contributed by atoms with Crippen LogP contribution in [0.5, 0.6) is 0 Å². The molecule has 9 nitrogen and oxygen atoms in total. The summed E-state index contributed by atoms with van der Waals surface area (Å²) in [6, 6.07) is 6.03. The Labute approximate surface area is 241 Å². The Bertz CT molecular complexity index is 1500. The van der Waals surface area contributed by atoms with Crippen LogP contribution in [0.25, 0.3) is 10.9 Å². The second kappa shape index (κ2) is 10.6. The van der Waals surface area contributed by atoms with Crippen molar-refractivity contribution in [1.82, 2.24) is 24.1 Å². The van der Waals surface area contributed by atoms with Gasteiger partial charge in [0.1, 0.15) is 16.5 Å². The van der Waals surface area contributed by atoms with Gasteiger partial charge >= 0.3 is 0 Å². The van der Waals surface area contributed by atoms with Crippen molar-refractivity contribution in [2.75, 3.05) is 18.0 Å². The molecule has 0 bridgehead atoms. The largest absolute Gasteiger partial charge is 0.598 e. The van der Waals surface area contributed by atoms with Gasteiger partial charge in [-0.3, -0.25) is 14.0 Å². The van der Waals surface area contributed by atoms with Crippen molar-refractivity contribution in [2.45, 2.75) is 73.5 Å². The fourth-order valence-corrected chi connectivity index (χ4v) is 8.05. The average Bonchev–Trinajstić information content (AvgIpc) is 3.43. The Hall–Kier alpha value is -2.23. The van der Waals surface area contributed by atoms with Crippen molar-refractivity contribution in [3.63, 3.8) is 0 Å². The Morgan fingerprint density at radius 1 is 1.23 bits per heavy atom. The molecule has 39 heavy (non-hydrogen) atoms. The van der Waals surface area contributed by atoms with Crippen LogP contribution < -0.4 is 15.2 Å². The van der Waals surface area contributed by atoms with Crippen molar-refractivity contribution in [3.8, 4) is 6.07 Å².